The number of hydrogen-bond acceptors (Lipinski definition) is 3. The number of aromatic nitrogens is 5. The first-order valence-electron chi connectivity index (χ1n) is 5.06. The first-order valence-corrected chi connectivity index (χ1v) is 5.06. The largest absolute Gasteiger partial charge is 0.354 e. The summed E-state index contributed by atoms with van der Waals surface area (Å²) in [5.41, 5.74) is 4.01. The SMILES string of the molecule is Cc1cnn(-c2ncnc3cc(C)[nH]c23)c1. The highest BCUT2D eigenvalue weighted by molar-refractivity contribution is 5.82. The highest BCUT2D eigenvalue weighted by Crippen LogP contribution is 2.17. The predicted molar refractivity (Wildman–Crippen MR) is 60.5 cm³/mol. The van der Waals surface area contributed by atoms with Crippen LogP contribution in [0.4, 0.5) is 0 Å². The first-order chi connectivity index (χ1) is 7.74. The number of H-pyrrole nitrogens is 1. The summed E-state index contributed by atoms with van der Waals surface area (Å²) in [5.74, 6) is 0.784. The van der Waals surface area contributed by atoms with E-state index in [4.69, 9.17) is 0 Å². The Morgan fingerprint density at radius 3 is 2.88 bits per heavy atom. The molecule has 3 aromatic rings. The highest BCUT2D eigenvalue weighted by Gasteiger charge is 2.08. The second-order valence-electron chi connectivity index (χ2n) is 3.87. The summed E-state index contributed by atoms with van der Waals surface area (Å²) in [5, 5.41) is 4.25. The van der Waals surface area contributed by atoms with Crippen LogP contribution in [0.2, 0.25) is 0 Å². The van der Waals surface area contributed by atoms with Crippen LogP contribution in [0.25, 0.3) is 16.9 Å². The lowest BCUT2D eigenvalue weighted by atomic mass is 10.4. The third-order valence-electron chi connectivity index (χ3n) is 2.46. The molecule has 16 heavy (non-hydrogen) atoms. The van der Waals surface area contributed by atoms with Crippen molar-refractivity contribution in [2.24, 2.45) is 0 Å². The maximum absolute atomic E-state index is 4.26. The minimum atomic E-state index is 0.784. The molecule has 0 amide bonds. The van der Waals surface area contributed by atoms with Crippen molar-refractivity contribution < 1.29 is 0 Å². The van der Waals surface area contributed by atoms with Crippen LogP contribution in [0.1, 0.15) is 11.3 Å². The number of hydrogen-bond donors (Lipinski definition) is 1. The van der Waals surface area contributed by atoms with Gasteiger partial charge >= 0.3 is 0 Å². The van der Waals surface area contributed by atoms with Crippen molar-refractivity contribution >= 4 is 11.0 Å². The molecule has 0 atom stereocenters. The lowest BCUT2D eigenvalue weighted by Crippen LogP contribution is -1.99. The van der Waals surface area contributed by atoms with E-state index in [9.17, 15) is 0 Å². The van der Waals surface area contributed by atoms with Crippen LogP contribution in [-0.4, -0.2) is 24.7 Å². The summed E-state index contributed by atoms with van der Waals surface area (Å²) in [7, 11) is 0. The quantitative estimate of drug-likeness (QED) is 0.670. The predicted octanol–water partition coefficient (Wildman–Crippen LogP) is 1.76. The molecule has 0 aliphatic carbocycles. The molecule has 0 unspecified atom stereocenters. The van der Waals surface area contributed by atoms with Crippen LogP contribution in [0, 0.1) is 13.8 Å². The summed E-state index contributed by atoms with van der Waals surface area (Å²) < 4.78 is 1.76. The lowest BCUT2D eigenvalue weighted by molar-refractivity contribution is 0.848. The summed E-state index contributed by atoms with van der Waals surface area (Å²) in [4.78, 5) is 11.7. The van der Waals surface area contributed by atoms with Gasteiger partial charge in [0, 0.05) is 11.9 Å². The molecule has 3 aromatic heterocycles. The molecule has 5 heteroatoms. The van der Waals surface area contributed by atoms with E-state index in [1.165, 1.54) is 0 Å². The average molecular weight is 213 g/mol. The van der Waals surface area contributed by atoms with Crippen LogP contribution >= 0.6 is 0 Å². The van der Waals surface area contributed by atoms with Crippen molar-refractivity contribution in [3.8, 4) is 5.82 Å². The van der Waals surface area contributed by atoms with E-state index < -0.39 is 0 Å². The van der Waals surface area contributed by atoms with Crippen molar-refractivity contribution in [2.75, 3.05) is 0 Å². The lowest BCUT2D eigenvalue weighted by Gasteiger charge is -2.00. The molecule has 0 saturated heterocycles. The zero-order valence-corrected chi connectivity index (χ0v) is 9.10. The minimum Gasteiger partial charge on any atom is -0.354 e. The molecule has 80 valence electrons. The topological polar surface area (TPSA) is 59.4 Å². The molecule has 0 aliphatic heterocycles. The van der Waals surface area contributed by atoms with Gasteiger partial charge in [-0.2, -0.15) is 5.10 Å². The Balaban J connectivity index is 2.30. The molecular formula is C11H11N5. The number of aromatic amines is 1. The molecule has 0 fully saturated rings. The third-order valence-corrected chi connectivity index (χ3v) is 2.46. The molecule has 0 saturated carbocycles. The van der Waals surface area contributed by atoms with Gasteiger partial charge in [0.25, 0.3) is 0 Å². The zero-order chi connectivity index (χ0) is 11.1. The number of nitrogens with zero attached hydrogens (tertiary/aromatic N) is 4. The Morgan fingerprint density at radius 2 is 2.12 bits per heavy atom. The van der Waals surface area contributed by atoms with E-state index in [-0.39, 0.29) is 0 Å². The second kappa shape index (κ2) is 3.16. The monoisotopic (exact) mass is 213 g/mol. The van der Waals surface area contributed by atoms with Crippen molar-refractivity contribution in [1.82, 2.24) is 24.7 Å². The molecule has 0 radical (unpaired) electrons. The van der Waals surface area contributed by atoms with Gasteiger partial charge in [-0.3, -0.25) is 0 Å². The summed E-state index contributed by atoms with van der Waals surface area (Å²) >= 11 is 0. The van der Waals surface area contributed by atoms with E-state index in [1.807, 2.05) is 32.3 Å². The number of nitrogens with one attached hydrogen (secondary N) is 1. The van der Waals surface area contributed by atoms with Gasteiger partial charge < -0.3 is 4.98 Å². The molecule has 5 nitrogen and oxygen atoms in total. The van der Waals surface area contributed by atoms with Gasteiger partial charge in [0.05, 0.1) is 11.7 Å². The van der Waals surface area contributed by atoms with Gasteiger partial charge in [-0.15, -0.1) is 0 Å². The Labute approximate surface area is 92.2 Å². The number of rotatable bonds is 1. The summed E-state index contributed by atoms with van der Waals surface area (Å²) in [6.45, 7) is 4.00. The average Bonchev–Trinajstić information content (AvgIpc) is 2.82. The normalized spacial score (nSPS) is 11.1. The smallest absolute Gasteiger partial charge is 0.180 e. The van der Waals surface area contributed by atoms with Gasteiger partial charge in [0.1, 0.15) is 11.8 Å². The van der Waals surface area contributed by atoms with Gasteiger partial charge in [0.2, 0.25) is 0 Å². The van der Waals surface area contributed by atoms with Crippen LogP contribution in [0.5, 0.6) is 0 Å². The van der Waals surface area contributed by atoms with Crippen molar-refractivity contribution in [2.45, 2.75) is 13.8 Å². The van der Waals surface area contributed by atoms with Gasteiger partial charge in [-0.1, -0.05) is 0 Å². The summed E-state index contributed by atoms with van der Waals surface area (Å²) in [6.07, 6.45) is 5.31. The van der Waals surface area contributed by atoms with Crippen LogP contribution < -0.4 is 0 Å². The van der Waals surface area contributed by atoms with Gasteiger partial charge in [-0.05, 0) is 25.5 Å². The Kier molecular flexibility index (Phi) is 1.80. The molecule has 0 bridgehead atoms. The fourth-order valence-electron chi connectivity index (χ4n) is 1.76. The van der Waals surface area contributed by atoms with Gasteiger partial charge in [-0.25, -0.2) is 14.6 Å². The Morgan fingerprint density at radius 1 is 1.25 bits per heavy atom. The van der Waals surface area contributed by atoms with E-state index in [0.29, 0.717) is 0 Å². The van der Waals surface area contributed by atoms with E-state index in [2.05, 4.69) is 20.1 Å². The van der Waals surface area contributed by atoms with Gasteiger partial charge in [0.15, 0.2) is 5.82 Å². The highest BCUT2D eigenvalue weighted by atomic mass is 15.3. The van der Waals surface area contributed by atoms with E-state index >= 15 is 0 Å². The maximum atomic E-state index is 4.26. The van der Waals surface area contributed by atoms with Crippen LogP contribution in [-0.2, 0) is 0 Å². The molecule has 0 spiro atoms. The Hall–Kier alpha value is -2.17. The molecule has 3 heterocycles. The standard InChI is InChI=1S/C11H11N5/c1-7-4-14-16(5-7)11-10-9(12-6-13-11)3-8(2)15-10/h3-6,15H,1-2H3. The number of aryl methyl sites for hydroxylation is 2. The molecule has 0 aliphatic rings. The molecule has 1 N–H and O–H groups in total. The second-order valence-corrected chi connectivity index (χ2v) is 3.87. The van der Waals surface area contributed by atoms with Crippen LogP contribution in [0.15, 0.2) is 24.8 Å². The maximum Gasteiger partial charge on any atom is 0.180 e. The van der Waals surface area contributed by atoms with E-state index in [0.717, 1.165) is 28.1 Å². The fraction of sp³-hybridized carbons (Fsp3) is 0.182. The van der Waals surface area contributed by atoms with Crippen molar-refractivity contribution in [1.29, 1.82) is 0 Å². The Bertz CT molecular complexity index is 649. The van der Waals surface area contributed by atoms with Crippen LogP contribution in [0.3, 0.4) is 0 Å². The van der Waals surface area contributed by atoms with Crippen molar-refractivity contribution in [3.05, 3.63) is 36.0 Å². The summed E-state index contributed by atoms with van der Waals surface area (Å²) in [6, 6.07) is 2.00. The first kappa shape index (κ1) is 9.08. The minimum absolute atomic E-state index is 0.784. The fourth-order valence-corrected chi connectivity index (χ4v) is 1.76. The van der Waals surface area contributed by atoms with E-state index in [1.54, 1.807) is 11.0 Å². The number of fused-ring (bicyclic) bond motifs is 1. The van der Waals surface area contributed by atoms with Crippen molar-refractivity contribution in [3.63, 3.8) is 0 Å². The third kappa shape index (κ3) is 1.29. The molecule has 3 rings (SSSR count). The molecular weight excluding hydrogens is 202 g/mol. The zero-order valence-electron chi connectivity index (χ0n) is 9.10. The molecule has 0 aromatic carbocycles.